The number of aryl methyl sites for hydroxylation is 1. The van der Waals surface area contributed by atoms with Gasteiger partial charge in [-0.2, -0.15) is 0 Å². The first kappa shape index (κ1) is 13.1. The predicted molar refractivity (Wildman–Crippen MR) is 73.4 cm³/mol. The molecule has 0 saturated heterocycles. The summed E-state index contributed by atoms with van der Waals surface area (Å²) in [5.74, 6) is 0.542. The molecule has 1 aromatic heterocycles. The van der Waals surface area contributed by atoms with E-state index in [9.17, 15) is 4.79 Å². The normalized spacial score (nSPS) is 10.4. The summed E-state index contributed by atoms with van der Waals surface area (Å²) in [6.07, 6.45) is 3.15. The van der Waals surface area contributed by atoms with Crippen LogP contribution < -0.4 is 10.3 Å². The molecule has 0 radical (unpaired) electrons. The maximum atomic E-state index is 11.9. The third kappa shape index (κ3) is 2.73. The molecule has 0 aliphatic carbocycles. The fourth-order valence-electron chi connectivity index (χ4n) is 1.41. The van der Waals surface area contributed by atoms with Crippen LogP contribution in [-0.4, -0.2) is 9.55 Å². The Labute approximate surface area is 117 Å². The van der Waals surface area contributed by atoms with Crippen molar-refractivity contribution < 1.29 is 4.74 Å². The van der Waals surface area contributed by atoms with Gasteiger partial charge in [0.25, 0.3) is 5.88 Å². The maximum absolute atomic E-state index is 11.9. The molecule has 0 amide bonds. The highest BCUT2D eigenvalue weighted by atomic mass is 79.9. The SMILES string of the molecule is CCn1ccnc(Oc2ccc(Cl)cc2Br)c1=O. The zero-order chi connectivity index (χ0) is 13.1. The third-order valence-electron chi connectivity index (χ3n) is 2.32. The monoisotopic (exact) mass is 328 g/mol. The molecule has 0 saturated carbocycles. The highest BCUT2D eigenvalue weighted by molar-refractivity contribution is 9.10. The Bertz CT molecular complexity index is 628. The Hall–Kier alpha value is -1.33. The summed E-state index contributed by atoms with van der Waals surface area (Å²) in [4.78, 5) is 15.9. The van der Waals surface area contributed by atoms with Crippen molar-refractivity contribution in [1.82, 2.24) is 9.55 Å². The van der Waals surface area contributed by atoms with Crippen LogP contribution in [0.1, 0.15) is 6.92 Å². The quantitative estimate of drug-likeness (QED) is 0.866. The van der Waals surface area contributed by atoms with Crippen LogP contribution in [0.4, 0.5) is 0 Å². The van der Waals surface area contributed by atoms with Gasteiger partial charge in [0.15, 0.2) is 0 Å². The second-order valence-electron chi connectivity index (χ2n) is 3.50. The van der Waals surface area contributed by atoms with E-state index in [4.69, 9.17) is 16.3 Å². The van der Waals surface area contributed by atoms with Crippen LogP contribution in [0.15, 0.2) is 39.9 Å². The molecule has 1 heterocycles. The van der Waals surface area contributed by atoms with Crippen LogP contribution >= 0.6 is 27.5 Å². The first-order valence-corrected chi connectivity index (χ1v) is 6.47. The molecule has 2 rings (SSSR count). The van der Waals surface area contributed by atoms with Gasteiger partial charge in [-0.25, -0.2) is 4.98 Å². The molecule has 0 N–H and O–H groups in total. The summed E-state index contributed by atoms with van der Waals surface area (Å²) in [5, 5.41) is 0.584. The minimum Gasteiger partial charge on any atom is -0.433 e. The van der Waals surface area contributed by atoms with Crippen LogP contribution in [0, 0.1) is 0 Å². The van der Waals surface area contributed by atoms with Gasteiger partial charge >= 0.3 is 5.56 Å². The van der Waals surface area contributed by atoms with Crippen molar-refractivity contribution >= 4 is 27.5 Å². The zero-order valence-electron chi connectivity index (χ0n) is 9.56. The molecule has 0 spiro atoms. The Kier molecular flexibility index (Phi) is 4.04. The lowest BCUT2D eigenvalue weighted by molar-refractivity contribution is 0.443. The molecule has 4 nitrogen and oxygen atoms in total. The molecule has 0 fully saturated rings. The average Bonchev–Trinajstić information content (AvgIpc) is 2.35. The fourth-order valence-corrected chi connectivity index (χ4v) is 2.17. The number of ether oxygens (including phenoxy) is 1. The van der Waals surface area contributed by atoms with Crippen molar-refractivity contribution in [3.8, 4) is 11.6 Å². The molecule has 0 aliphatic heterocycles. The van der Waals surface area contributed by atoms with E-state index >= 15 is 0 Å². The van der Waals surface area contributed by atoms with Crippen molar-refractivity contribution in [2.24, 2.45) is 0 Å². The Morgan fingerprint density at radius 1 is 1.50 bits per heavy atom. The van der Waals surface area contributed by atoms with E-state index in [0.29, 0.717) is 21.8 Å². The van der Waals surface area contributed by atoms with Gasteiger partial charge in [-0.05, 0) is 41.1 Å². The summed E-state index contributed by atoms with van der Waals surface area (Å²) in [7, 11) is 0. The van der Waals surface area contributed by atoms with E-state index in [1.165, 1.54) is 10.8 Å². The lowest BCUT2D eigenvalue weighted by atomic mass is 10.3. The molecular formula is C12H10BrClN2O2. The fraction of sp³-hybridized carbons (Fsp3) is 0.167. The first-order valence-electron chi connectivity index (χ1n) is 5.30. The highest BCUT2D eigenvalue weighted by Crippen LogP contribution is 2.30. The van der Waals surface area contributed by atoms with Crippen molar-refractivity contribution in [2.75, 3.05) is 0 Å². The zero-order valence-corrected chi connectivity index (χ0v) is 11.9. The van der Waals surface area contributed by atoms with Crippen molar-refractivity contribution in [3.05, 3.63) is 50.4 Å². The lowest BCUT2D eigenvalue weighted by Gasteiger charge is -2.08. The minimum absolute atomic E-state index is 0.0439. The van der Waals surface area contributed by atoms with E-state index in [1.807, 2.05) is 6.92 Å². The van der Waals surface area contributed by atoms with Crippen LogP contribution in [0.25, 0.3) is 0 Å². The molecule has 2 aromatic rings. The molecule has 0 bridgehead atoms. The summed E-state index contributed by atoms with van der Waals surface area (Å²) in [5.41, 5.74) is -0.262. The van der Waals surface area contributed by atoms with Crippen molar-refractivity contribution in [2.45, 2.75) is 13.5 Å². The third-order valence-corrected chi connectivity index (χ3v) is 3.18. The topological polar surface area (TPSA) is 44.1 Å². The maximum Gasteiger partial charge on any atom is 0.313 e. The number of nitrogens with zero attached hydrogens (tertiary/aromatic N) is 2. The second kappa shape index (κ2) is 5.54. The standard InChI is InChI=1S/C12H10BrClN2O2/c1-2-16-6-5-15-11(12(16)17)18-10-4-3-8(14)7-9(10)13/h3-7H,2H2,1H3. The van der Waals surface area contributed by atoms with Gasteiger partial charge in [0.05, 0.1) is 4.47 Å². The van der Waals surface area contributed by atoms with Gasteiger partial charge in [-0.1, -0.05) is 11.6 Å². The molecule has 18 heavy (non-hydrogen) atoms. The van der Waals surface area contributed by atoms with Crippen LogP contribution in [0.5, 0.6) is 11.6 Å². The highest BCUT2D eigenvalue weighted by Gasteiger charge is 2.09. The molecule has 1 aromatic carbocycles. The van der Waals surface area contributed by atoms with E-state index in [0.717, 1.165) is 0 Å². The van der Waals surface area contributed by atoms with Crippen LogP contribution in [0.2, 0.25) is 5.02 Å². The van der Waals surface area contributed by atoms with Crippen molar-refractivity contribution in [1.29, 1.82) is 0 Å². The minimum atomic E-state index is -0.262. The average molecular weight is 330 g/mol. The van der Waals surface area contributed by atoms with Crippen molar-refractivity contribution in [3.63, 3.8) is 0 Å². The van der Waals surface area contributed by atoms with Crippen LogP contribution in [0.3, 0.4) is 0 Å². The summed E-state index contributed by atoms with van der Waals surface area (Å²) < 4.78 is 7.68. The van der Waals surface area contributed by atoms with Gasteiger partial charge in [0.2, 0.25) is 0 Å². The van der Waals surface area contributed by atoms with Gasteiger partial charge < -0.3 is 9.30 Å². The molecule has 6 heteroatoms. The van der Waals surface area contributed by atoms with Gasteiger partial charge in [-0.15, -0.1) is 0 Å². The first-order chi connectivity index (χ1) is 8.61. The Morgan fingerprint density at radius 2 is 2.28 bits per heavy atom. The number of rotatable bonds is 3. The van der Waals surface area contributed by atoms with E-state index < -0.39 is 0 Å². The number of benzene rings is 1. The van der Waals surface area contributed by atoms with Crippen LogP contribution in [-0.2, 0) is 6.54 Å². The van der Waals surface area contributed by atoms with Gasteiger partial charge in [0, 0.05) is 24.0 Å². The van der Waals surface area contributed by atoms with Gasteiger partial charge in [-0.3, -0.25) is 4.79 Å². The number of hydrogen-bond donors (Lipinski definition) is 0. The van der Waals surface area contributed by atoms with Gasteiger partial charge in [0.1, 0.15) is 5.75 Å². The molecule has 94 valence electrons. The largest absolute Gasteiger partial charge is 0.433 e. The predicted octanol–water partition coefficient (Wildman–Crippen LogP) is 3.47. The van der Waals surface area contributed by atoms with E-state index in [-0.39, 0.29) is 11.4 Å². The number of aromatic nitrogens is 2. The second-order valence-corrected chi connectivity index (χ2v) is 4.79. The summed E-state index contributed by atoms with van der Waals surface area (Å²) in [6, 6.07) is 5.05. The molecular weight excluding hydrogens is 320 g/mol. The molecule has 0 atom stereocenters. The number of halogens is 2. The molecule has 0 aliphatic rings. The molecule has 0 unspecified atom stereocenters. The van der Waals surface area contributed by atoms with E-state index in [1.54, 1.807) is 24.4 Å². The summed E-state index contributed by atoms with van der Waals surface area (Å²) in [6.45, 7) is 2.45. The summed E-state index contributed by atoms with van der Waals surface area (Å²) >= 11 is 9.15. The van der Waals surface area contributed by atoms with E-state index in [2.05, 4.69) is 20.9 Å². The Balaban J connectivity index is 2.37. The Morgan fingerprint density at radius 3 is 2.94 bits per heavy atom. The lowest BCUT2D eigenvalue weighted by Crippen LogP contribution is -2.20. The number of hydrogen-bond acceptors (Lipinski definition) is 3. The smallest absolute Gasteiger partial charge is 0.313 e.